The lowest BCUT2D eigenvalue weighted by molar-refractivity contribution is -0.158. The van der Waals surface area contributed by atoms with Crippen LogP contribution in [0.1, 0.15) is 89.2 Å². The smallest absolute Gasteiger partial charge is 0.303 e. The van der Waals surface area contributed by atoms with Gasteiger partial charge in [-0.15, -0.1) is 0 Å². The van der Waals surface area contributed by atoms with Gasteiger partial charge in [-0.2, -0.15) is 0 Å². The van der Waals surface area contributed by atoms with Gasteiger partial charge in [0.25, 0.3) is 5.91 Å². The molecule has 10 heteroatoms. The minimum Gasteiger partial charge on any atom is -0.457 e. The summed E-state index contributed by atoms with van der Waals surface area (Å²) in [5, 5.41) is 6.73. The molecule has 1 amide bonds. The van der Waals surface area contributed by atoms with Crippen molar-refractivity contribution in [2.24, 2.45) is 5.11 Å². The van der Waals surface area contributed by atoms with E-state index in [1.54, 1.807) is 0 Å². The minimum absolute atomic E-state index is 0.146. The summed E-state index contributed by atoms with van der Waals surface area (Å²) in [5.74, 6) is -0.948. The van der Waals surface area contributed by atoms with Crippen molar-refractivity contribution in [2.45, 2.75) is 122 Å². The largest absolute Gasteiger partial charge is 0.457 e. The summed E-state index contributed by atoms with van der Waals surface area (Å²) < 4.78 is 24.1. The third-order valence-corrected chi connectivity index (χ3v) is 7.64. The van der Waals surface area contributed by atoms with Crippen LogP contribution in [-0.4, -0.2) is 49.1 Å². The van der Waals surface area contributed by atoms with Gasteiger partial charge in [-0.05, 0) is 23.1 Å². The average Bonchev–Trinajstić information content (AvgIpc) is 3.35. The standard InChI is InChI=1S/C34H48N4O6/c1-3-4-5-6-7-8-9-10-11-18-23-36-33(40)31(42-25-28-21-16-13-17-22-28)30-29(41-24-27-19-14-12-15-20-27)32(43-26(2)39)34(44-30)37-38-35/h12-17,19-22,29-32,34H,3-11,18,23-25H2,1-2H3,(H,36,40)/t29-,30-,31-,32+,34?/m0/s1. The van der Waals surface area contributed by atoms with Crippen molar-refractivity contribution in [3.63, 3.8) is 0 Å². The van der Waals surface area contributed by atoms with E-state index in [1.165, 1.54) is 51.9 Å². The molecule has 0 saturated carbocycles. The summed E-state index contributed by atoms with van der Waals surface area (Å²) in [6.45, 7) is 4.30. The van der Waals surface area contributed by atoms with Gasteiger partial charge in [-0.3, -0.25) is 9.59 Å². The number of nitrogens with zero attached hydrogens (tertiary/aromatic N) is 3. The van der Waals surface area contributed by atoms with Gasteiger partial charge in [0, 0.05) is 18.4 Å². The molecule has 1 heterocycles. The Hall–Kier alpha value is -3.43. The lowest BCUT2D eigenvalue weighted by Crippen LogP contribution is -2.50. The molecule has 1 N–H and O–H groups in total. The highest BCUT2D eigenvalue weighted by atomic mass is 16.6. The van der Waals surface area contributed by atoms with Crippen molar-refractivity contribution < 1.29 is 28.5 Å². The van der Waals surface area contributed by atoms with E-state index in [2.05, 4.69) is 22.3 Å². The molecule has 10 nitrogen and oxygen atoms in total. The fourth-order valence-electron chi connectivity index (χ4n) is 5.33. The predicted octanol–water partition coefficient (Wildman–Crippen LogP) is 7.16. The topological polar surface area (TPSA) is 132 Å². The second-order valence-electron chi connectivity index (χ2n) is 11.2. The average molecular weight is 609 g/mol. The van der Waals surface area contributed by atoms with E-state index in [0.29, 0.717) is 6.54 Å². The van der Waals surface area contributed by atoms with Gasteiger partial charge in [-0.1, -0.05) is 130 Å². The molecule has 2 aromatic carbocycles. The molecule has 0 bridgehead atoms. The van der Waals surface area contributed by atoms with E-state index in [0.717, 1.165) is 30.4 Å². The minimum atomic E-state index is -1.19. The highest BCUT2D eigenvalue weighted by molar-refractivity contribution is 5.81. The maximum atomic E-state index is 13.6. The van der Waals surface area contributed by atoms with E-state index in [9.17, 15) is 15.1 Å². The number of benzene rings is 2. The fourth-order valence-corrected chi connectivity index (χ4v) is 5.33. The van der Waals surface area contributed by atoms with Crippen LogP contribution in [-0.2, 0) is 41.8 Å². The Balaban J connectivity index is 1.68. The van der Waals surface area contributed by atoms with Crippen LogP contribution >= 0.6 is 0 Å². The second-order valence-corrected chi connectivity index (χ2v) is 11.2. The molecule has 0 spiro atoms. The molecule has 44 heavy (non-hydrogen) atoms. The van der Waals surface area contributed by atoms with Crippen LogP contribution in [0.3, 0.4) is 0 Å². The molecule has 5 atom stereocenters. The highest BCUT2D eigenvalue weighted by Gasteiger charge is 2.52. The normalized spacial score (nSPS) is 20.0. The van der Waals surface area contributed by atoms with E-state index in [4.69, 9.17) is 18.9 Å². The van der Waals surface area contributed by atoms with E-state index >= 15 is 0 Å². The third-order valence-electron chi connectivity index (χ3n) is 7.64. The number of azide groups is 1. The summed E-state index contributed by atoms with van der Waals surface area (Å²) in [5.41, 5.74) is 11.0. The number of rotatable bonds is 21. The molecule has 3 rings (SSSR count). The summed E-state index contributed by atoms with van der Waals surface area (Å²) in [7, 11) is 0. The first-order valence-corrected chi connectivity index (χ1v) is 16.0. The number of unbranched alkanes of at least 4 members (excludes halogenated alkanes) is 9. The van der Waals surface area contributed by atoms with E-state index in [1.807, 2.05) is 60.7 Å². The zero-order valence-corrected chi connectivity index (χ0v) is 26.1. The molecule has 0 radical (unpaired) electrons. The molecular formula is C34H48N4O6. The molecule has 1 saturated heterocycles. The third kappa shape index (κ3) is 12.3. The number of hydrogen-bond acceptors (Lipinski definition) is 7. The molecule has 2 aromatic rings. The monoisotopic (exact) mass is 608 g/mol. The first kappa shape index (κ1) is 35.1. The van der Waals surface area contributed by atoms with Gasteiger partial charge in [0.05, 0.1) is 13.2 Å². The highest BCUT2D eigenvalue weighted by Crippen LogP contribution is 2.32. The van der Waals surface area contributed by atoms with E-state index < -0.39 is 36.6 Å². The SMILES string of the molecule is CCCCCCCCCCCCNC(=O)[C@@H](OCc1ccccc1)[C@H]1OC(N=[N+]=[N-])[C@H](OC(C)=O)[C@H]1OCc1ccccc1. The van der Waals surface area contributed by atoms with Crippen molar-refractivity contribution in [1.82, 2.24) is 5.32 Å². The molecule has 1 aliphatic heterocycles. The Labute approximate surface area is 261 Å². The molecule has 1 unspecified atom stereocenters. The summed E-state index contributed by atoms with van der Waals surface area (Å²) >= 11 is 0. The number of hydrogen-bond donors (Lipinski definition) is 1. The molecule has 1 aliphatic rings. The second kappa shape index (κ2) is 20.5. The number of esters is 1. The molecule has 240 valence electrons. The van der Waals surface area contributed by atoms with Gasteiger partial charge < -0.3 is 24.3 Å². The van der Waals surface area contributed by atoms with Gasteiger partial charge in [-0.25, -0.2) is 0 Å². The summed E-state index contributed by atoms with van der Waals surface area (Å²) in [6.07, 6.45) is 6.68. The molecular weight excluding hydrogens is 560 g/mol. The van der Waals surface area contributed by atoms with Crippen LogP contribution in [0.5, 0.6) is 0 Å². The van der Waals surface area contributed by atoms with Crippen molar-refractivity contribution in [3.05, 3.63) is 82.2 Å². The van der Waals surface area contributed by atoms with Crippen LogP contribution in [0, 0.1) is 0 Å². The van der Waals surface area contributed by atoms with Crippen LogP contribution in [0.4, 0.5) is 0 Å². The molecule has 1 fully saturated rings. The number of carbonyl (C=O) groups is 2. The van der Waals surface area contributed by atoms with Crippen molar-refractivity contribution in [2.75, 3.05) is 6.54 Å². The maximum Gasteiger partial charge on any atom is 0.303 e. The first-order chi connectivity index (χ1) is 21.5. The number of carbonyl (C=O) groups excluding carboxylic acids is 2. The van der Waals surface area contributed by atoms with Crippen molar-refractivity contribution >= 4 is 11.9 Å². The Morgan fingerprint density at radius 3 is 2.00 bits per heavy atom. The summed E-state index contributed by atoms with van der Waals surface area (Å²) in [6, 6.07) is 19.0. The van der Waals surface area contributed by atoms with Crippen LogP contribution in [0.2, 0.25) is 0 Å². The maximum absolute atomic E-state index is 13.6. The first-order valence-electron chi connectivity index (χ1n) is 16.0. The summed E-state index contributed by atoms with van der Waals surface area (Å²) in [4.78, 5) is 28.6. The Morgan fingerprint density at radius 2 is 1.43 bits per heavy atom. The lowest BCUT2D eigenvalue weighted by Gasteiger charge is -2.28. The number of nitrogens with one attached hydrogen (secondary N) is 1. The Kier molecular flexibility index (Phi) is 16.3. The molecule has 0 aliphatic carbocycles. The van der Waals surface area contributed by atoms with Crippen LogP contribution in [0.25, 0.3) is 10.4 Å². The van der Waals surface area contributed by atoms with Gasteiger partial charge in [0.2, 0.25) is 0 Å². The predicted molar refractivity (Wildman–Crippen MR) is 168 cm³/mol. The van der Waals surface area contributed by atoms with Crippen LogP contribution in [0.15, 0.2) is 65.8 Å². The quantitative estimate of drug-likeness (QED) is 0.0526. The Morgan fingerprint density at radius 1 is 0.864 bits per heavy atom. The number of amides is 1. The van der Waals surface area contributed by atoms with Crippen molar-refractivity contribution in [1.29, 1.82) is 0 Å². The zero-order chi connectivity index (χ0) is 31.4. The van der Waals surface area contributed by atoms with Gasteiger partial charge in [0.15, 0.2) is 18.4 Å². The lowest BCUT2D eigenvalue weighted by atomic mass is 10.0. The van der Waals surface area contributed by atoms with Crippen molar-refractivity contribution in [3.8, 4) is 0 Å². The van der Waals surface area contributed by atoms with Gasteiger partial charge in [0.1, 0.15) is 12.2 Å². The Bertz CT molecular complexity index is 1140. The van der Waals surface area contributed by atoms with E-state index in [-0.39, 0.29) is 19.1 Å². The zero-order valence-electron chi connectivity index (χ0n) is 26.1. The van der Waals surface area contributed by atoms with Gasteiger partial charge >= 0.3 is 5.97 Å². The fraction of sp³-hybridized carbons (Fsp3) is 0.588. The van der Waals surface area contributed by atoms with Crippen LogP contribution < -0.4 is 5.32 Å². The molecule has 0 aromatic heterocycles. The number of ether oxygens (including phenoxy) is 4.